The van der Waals surface area contributed by atoms with E-state index in [1.165, 1.54) is 24.3 Å². The van der Waals surface area contributed by atoms with Gasteiger partial charge in [-0.25, -0.2) is 0 Å². The highest BCUT2D eigenvalue weighted by molar-refractivity contribution is 7.99. The number of carbonyl (C=O) groups excluding carboxylic acids is 2. The Kier molecular flexibility index (Phi) is 5.97. The Balaban J connectivity index is 1.51. The molecule has 0 bridgehead atoms. The molecule has 0 spiro atoms. The first-order chi connectivity index (χ1) is 13.5. The number of hydrazine groups is 1. The highest BCUT2D eigenvalue weighted by Crippen LogP contribution is 2.18. The SMILES string of the molecule is O=C(CSc1nncn1-c1ccccc1)NNC(=O)c1ccc([N+](=O)[O-])cc1. The molecule has 0 aliphatic rings. The molecule has 11 heteroatoms. The number of para-hydroxylation sites is 1. The van der Waals surface area contributed by atoms with E-state index in [2.05, 4.69) is 21.0 Å². The smallest absolute Gasteiger partial charge is 0.269 e. The van der Waals surface area contributed by atoms with E-state index in [0.29, 0.717) is 5.16 Å². The molecule has 0 radical (unpaired) electrons. The summed E-state index contributed by atoms with van der Waals surface area (Å²) < 4.78 is 1.74. The number of amides is 2. The number of nitro benzene ring substituents is 1. The molecule has 3 rings (SSSR count). The third-order valence-electron chi connectivity index (χ3n) is 3.54. The Bertz CT molecular complexity index is 990. The number of hydrogen-bond donors (Lipinski definition) is 2. The molecule has 1 aromatic heterocycles. The molecule has 2 amide bonds. The van der Waals surface area contributed by atoms with Crippen molar-refractivity contribution >= 4 is 29.3 Å². The number of hydrogen-bond acceptors (Lipinski definition) is 7. The van der Waals surface area contributed by atoms with Gasteiger partial charge < -0.3 is 0 Å². The molecule has 0 fully saturated rings. The van der Waals surface area contributed by atoms with E-state index in [1.54, 1.807) is 10.9 Å². The van der Waals surface area contributed by atoms with Gasteiger partial charge in [-0.2, -0.15) is 0 Å². The summed E-state index contributed by atoms with van der Waals surface area (Å²) in [6.45, 7) is 0. The fourth-order valence-corrected chi connectivity index (χ4v) is 2.92. The van der Waals surface area contributed by atoms with Crippen molar-refractivity contribution in [3.8, 4) is 5.69 Å². The zero-order chi connectivity index (χ0) is 19.9. The van der Waals surface area contributed by atoms with Gasteiger partial charge >= 0.3 is 0 Å². The first-order valence-electron chi connectivity index (χ1n) is 7.96. The predicted octanol–water partition coefficient (Wildman–Crippen LogP) is 1.73. The van der Waals surface area contributed by atoms with Crippen LogP contribution < -0.4 is 10.9 Å². The second-order valence-corrected chi connectivity index (χ2v) is 6.36. The lowest BCUT2D eigenvalue weighted by molar-refractivity contribution is -0.384. The van der Waals surface area contributed by atoms with Gasteiger partial charge in [-0.15, -0.1) is 10.2 Å². The lowest BCUT2D eigenvalue weighted by Gasteiger charge is -2.08. The number of benzene rings is 2. The fraction of sp³-hybridized carbons (Fsp3) is 0.0588. The van der Waals surface area contributed by atoms with E-state index in [1.807, 2.05) is 30.3 Å². The van der Waals surface area contributed by atoms with Crippen LogP contribution in [0.2, 0.25) is 0 Å². The standard InChI is InChI=1S/C17H14N6O4S/c24-15(19-20-16(25)12-6-8-14(9-7-12)23(26)27)10-28-17-21-18-11-22(17)13-4-2-1-3-5-13/h1-9,11H,10H2,(H,19,24)(H,20,25). The normalized spacial score (nSPS) is 10.3. The van der Waals surface area contributed by atoms with Crippen molar-refractivity contribution < 1.29 is 14.5 Å². The molecule has 10 nitrogen and oxygen atoms in total. The number of thioether (sulfide) groups is 1. The topological polar surface area (TPSA) is 132 Å². The van der Waals surface area contributed by atoms with Gasteiger partial charge in [0.1, 0.15) is 6.33 Å². The van der Waals surface area contributed by atoms with E-state index in [0.717, 1.165) is 17.4 Å². The van der Waals surface area contributed by atoms with Gasteiger partial charge in [0.25, 0.3) is 11.6 Å². The van der Waals surface area contributed by atoms with Gasteiger partial charge in [0, 0.05) is 23.4 Å². The molecule has 0 atom stereocenters. The second kappa shape index (κ2) is 8.77. The molecule has 0 unspecified atom stereocenters. The van der Waals surface area contributed by atoms with Crippen molar-refractivity contribution in [2.45, 2.75) is 5.16 Å². The largest absolute Gasteiger partial charge is 0.277 e. The Labute approximate surface area is 163 Å². The molecule has 0 aliphatic carbocycles. The van der Waals surface area contributed by atoms with Crippen molar-refractivity contribution in [1.29, 1.82) is 0 Å². The van der Waals surface area contributed by atoms with Crippen molar-refractivity contribution in [2.24, 2.45) is 0 Å². The monoisotopic (exact) mass is 398 g/mol. The Hall–Kier alpha value is -3.73. The molecule has 0 saturated carbocycles. The lowest BCUT2D eigenvalue weighted by Crippen LogP contribution is -2.42. The summed E-state index contributed by atoms with van der Waals surface area (Å²) in [6, 6.07) is 14.4. The molecular formula is C17H14N6O4S. The van der Waals surface area contributed by atoms with Crippen LogP contribution in [0.15, 0.2) is 66.1 Å². The second-order valence-electron chi connectivity index (χ2n) is 5.41. The number of nitro groups is 1. The summed E-state index contributed by atoms with van der Waals surface area (Å²) in [4.78, 5) is 34.0. The highest BCUT2D eigenvalue weighted by Gasteiger charge is 2.12. The third kappa shape index (κ3) is 4.71. The minimum Gasteiger partial charge on any atom is -0.277 e. The van der Waals surface area contributed by atoms with E-state index >= 15 is 0 Å². The maximum absolute atomic E-state index is 12.0. The van der Waals surface area contributed by atoms with E-state index < -0.39 is 16.7 Å². The van der Waals surface area contributed by atoms with Gasteiger partial charge in [-0.3, -0.25) is 35.1 Å². The van der Waals surface area contributed by atoms with Crippen LogP contribution >= 0.6 is 11.8 Å². The Morgan fingerprint density at radius 2 is 1.79 bits per heavy atom. The molecule has 28 heavy (non-hydrogen) atoms. The van der Waals surface area contributed by atoms with Gasteiger partial charge in [0.05, 0.1) is 10.7 Å². The summed E-state index contributed by atoms with van der Waals surface area (Å²) in [5, 5.41) is 19.0. The average Bonchev–Trinajstić information content (AvgIpc) is 3.20. The van der Waals surface area contributed by atoms with Crippen molar-refractivity contribution in [3.05, 3.63) is 76.6 Å². The van der Waals surface area contributed by atoms with E-state index in [9.17, 15) is 19.7 Å². The van der Waals surface area contributed by atoms with E-state index in [-0.39, 0.29) is 17.0 Å². The quantitative estimate of drug-likeness (QED) is 0.367. The molecular weight excluding hydrogens is 384 g/mol. The molecule has 0 saturated heterocycles. The van der Waals surface area contributed by atoms with Crippen LogP contribution in [0.5, 0.6) is 0 Å². The Morgan fingerprint density at radius 1 is 1.07 bits per heavy atom. The van der Waals surface area contributed by atoms with Gasteiger partial charge in [-0.05, 0) is 24.3 Å². The predicted molar refractivity (Wildman–Crippen MR) is 101 cm³/mol. The third-order valence-corrected chi connectivity index (χ3v) is 4.48. The maximum atomic E-state index is 12.0. The molecule has 2 N–H and O–H groups in total. The van der Waals surface area contributed by atoms with Crippen LogP contribution in [0, 0.1) is 10.1 Å². The van der Waals surface area contributed by atoms with E-state index in [4.69, 9.17) is 0 Å². The molecule has 1 heterocycles. The number of aromatic nitrogens is 3. The summed E-state index contributed by atoms with van der Waals surface area (Å²) in [7, 11) is 0. The first-order valence-corrected chi connectivity index (χ1v) is 8.95. The van der Waals surface area contributed by atoms with Crippen LogP contribution in [-0.4, -0.2) is 37.3 Å². The summed E-state index contributed by atoms with van der Waals surface area (Å²) >= 11 is 1.16. The van der Waals surface area contributed by atoms with Crippen molar-refractivity contribution in [3.63, 3.8) is 0 Å². The van der Waals surface area contributed by atoms with Gasteiger partial charge in [0.15, 0.2) is 5.16 Å². The first kappa shape index (κ1) is 19.0. The van der Waals surface area contributed by atoms with Crippen LogP contribution in [0.4, 0.5) is 5.69 Å². The molecule has 142 valence electrons. The molecule has 3 aromatic rings. The average molecular weight is 398 g/mol. The van der Waals surface area contributed by atoms with Crippen LogP contribution in [-0.2, 0) is 4.79 Å². The number of non-ortho nitro benzene ring substituents is 1. The van der Waals surface area contributed by atoms with Crippen LogP contribution in [0.25, 0.3) is 5.69 Å². The number of nitrogens with one attached hydrogen (secondary N) is 2. The fourth-order valence-electron chi connectivity index (χ4n) is 2.19. The number of carbonyl (C=O) groups is 2. The number of rotatable bonds is 6. The van der Waals surface area contributed by atoms with Crippen LogP contribution in [0.3, 0.4) is 0 Å². The minimum absolute atomic E-state index is 0.00602. The summed E-state index contributed by atoms with van der Waals surface area (Å²) in [5.74, 6) is -1.02. The molecule has 2 aromatic carbocycles. The van der Waals surface area contributed by atoms with Crippen molar-refractivity contribution in [2.75, 3.05) is 5.75 Å². The minimum atomic E-state index is -0.583. The van der Waals surface area contributed by atoms with Gasteiger partial charge in [0.2, 0.25) is 5.91 Å². The summed E-state index contributed by atoms with van der Waals surface area (Å²) in [6.07, 6.45) is 1.55. The lowest BCUT2D eigenvalue weighted by atomic mass is 10.2. The zero-order valence-electron chi connectivity index (χ0n) is 14.3. The Morgan fingerprint density at radius 3 is 2.46 bits per heavy atom. The molecule has 0 aliphatic heterocycles. The highest BCUT2D eigenvalue weighted by atomic mass is 32.2. The number of nitrogens with zero attached hydrogens (tertiary/aromatic N) is 4. The maximum Gasteiger partial charge on any atom is 0.269 e. The van der Waals surface area contributed by atoms with Gasteiger partial charge in [-0.1, -0.05) is 30.0 Å². The van der Waals surface area contributed by atoms with Crippen molar-refractivity contribution in [1.82, 2.24) is 25.6 Å². The zero-order valence-corrected chi connectivity index (χ0v) is 15.1. The summed E-state index contributed by atoms with van der Waals surface area (Å²) in [5.41, 5.74) is 5.47. The van der Waals surface area contributed by atoms with Crippen LogP contribution in [0.1, 0.15) is 10.4 Å².